The number of carbonyl (C=O) groups excluding carboxylic acids is 1. The van der Waals surface area contributed by atoms with Gasteiger partial charge in [-0.1, -0.05) is 72.9 Å². The highest BCUT2D eigenvalue weighted by molar-refractivity contribution is 6.35. The number of benzene rings is 3. The molecule has 3 rings (SSSR count). The third kappa shape index (κ3) is 6.91. The van der Waals surface area contributed by atoms with Crippen molar-refractivity contribution in [3.8, 4) is 5.75 Å². The van der Waals surface area contributed by atoms with Crippen LogP contribution < -0.4 is 15.4 Å². The van der Waals surface area contributed by atoms with Crippen LogP contribution in [0, 0.1) is 12.8 Å². The normalized spacial score (nSPS) is 10.8. The monoisotopic (exact) mass is 470 g/mol. The largest absolute Gasteiger partial charge is 0.487 e. The van der Waals surface area contributed by atoms with Crippen LogP contribution in [0.25, 0.3) is 0 Å². The Morgan fingerprint density at radius 3 is 2.50 bits per heavy atom. The van der Waals surface area contributed by atoms with Crippen molar-refractivity contribution in [1.29, 1.82) is 0 Å². The van der Waals surface area contributed by atoms with E-state index in [1.165, 1.54) is 5.56 Å². The molecule has 6 heteroatoms. The summed E-state index contributed by atoms with van der Waals surface area (Å²) in [7, 11) is 0. The van der Waals surface area contributed by atoms with Crippen molar-refractivity contribution in [2.24, 2.45) is 5.92 Å². The summed E-state index contributed by atoms with van der Waals surface area (Å²) in [4.78, 5) is 12.4. The molecule has 0 saturated carbocycles. The van der Waals surface area contributed by atoms with Crippen molar-refractivity contribution in [3.05, 3.63) is 93.0 Å². The minimum Gasteiger partial charge on any atom is -0.487 e. The Hall–Kier alpha value is -2.69. The molecule has 0 aliphatic rings. The number of anilines is 1. The number of aryl methyl sites for hydroxylation is 1. The van der Waals surface area contributed by atoms with Crippen LogP contribution in [0.15, 0.2) is 60.7 Å². The molecule has 0 aliphatic heterocycles. The lowest BCUT2D eigenvalue weighted by Crippen LogP contribution is -2.27. The zero-order valence-corrected chi connectivity index (χ0v) is 20.1. The summed E-state index contributed by atoms with van der Waals surface area (Å²) in [6.45, 7) is 7.66. The second kappa shape index (κ2) is 11.3. The van der Waals surface area contributed by atoms with Gasteiger partial charge in [0.2, 0.25) is 0 Å². The van der Waals surface area contributed by atoms with Crippen molar-refractivity contribution < 1.29 is 9.53 Å². The molecule has 32 heavy (non-hydrogen) atoms. The molecule has 0 unspecified atom stereocenters. The molecule has 3 aromatic carbocycles. The maximum absolute atomic E-state index is 12.4. The van der Waals surface area contributed by atoms with E-state index in [2.05, 4.69) is 36.6 Å². The van der Waals surface area contributed by atoms with Gasteiger partial charge in [0.25, 0.3) is 5.91 Å². The van der Waals surface area contributed by atoms with E-state index in [1.54, 1.807) is 12.1 Å². The van der Waals surface area contributed by atoms with E-state index in [0.717, 1.165) is 16.8 Å². The van der Waals surface area contributed by atoms with Gasteiger partial charge in [-0.05, 0) is 48.7 Å². The van der Waals surface area contributed by atoms with Gasteiger partial charge in [-0.25, -0.2) is 0 Å². The minimum atomic E-state index is -0.0877. The summed E-state index contributed by atoms with van der Waals surface area (Å²) in [6.07, 6.45) is 0. The lowest BCUT2D eigenvalue weighted by Gasteiger charge is -2.16. The number of halogens is 2. The Morgan fingerprint density at radius 2 is 1.78 bits per heavy atom. The highest BCUT2D eigenvalue weighted by atomic mass is 35.5. The van der Waals surface area contributed by atoms with E-state index in [4.69, 9.17) is 27.9 Å². The predicted octanol–water partition coefficient (Wildman–Crippen LogP) is 6.88. The van der Waals surface area contributed by atoms with Crippen LogP contribution in [-0.4, -0.2) is 12.5 Å². The summed E-state index contributed by atoms with van der Waals surface area (Å²) >= 11 is 12.7. The number of hydrogen-bond donors (Lipinski definition) is 2. The van der Waals surface area contributed by atoms with Crippen LogP contribution >= 0.6 is 23.2 Å². The molecule has 168 valence electrons. The average Bonchev–Trinajstić information content (AvgIpc) is 2.76. The Bertz CT molecular complexity index is 1070. The molecule has 0 spiro atoms. The van der Waals surface area contributed by atoms with Crippen LogP contribution in [0.2, 0.25) is 10.0 Å². The van der Waals surface area contributed by atoms with Gasteiger partial charge >= 0.3 is 0 Å². The molecule has 0 aliphatic carbocycles. The maximum Gasteiger partial charge on any atom is 0.251 e. The second-order valence-electron chi connectivity index (χ2n) is 8.19. The molecule has 4 nitrogen and oxygen atoms in total. The summed E-state index contributed by atoms with van der Waals surface area (Å²) in [5.74, 6) is 0.899. The molecule has 1 amide bonds. The molecule has 0 aromatic heterocycles. The van der Waals surface area contributed by atoms with Crippen LogP contribution in [0.5, 0.6) is 5.75 Å². The quantitative estimate of drug-likeness (QED) is 0.358. The second-order valence-corrected chi connectivity index (χ2v) is 9.03. The SMILES string of the molecule is Cc1ccc(COc2c(Cl)cc(Cl)cc2CNc2cccc(C(=O)NCC(C)C)c2)cc1. The lowest BCUT2D eigenvalue weighted by atomic mass is 10.1. The Morgan fingerprint density at radius 1 is 1.03 bits per heavy atom. The molecule has 0 heterocycles. The van der Waals surface area contributed by atoms with E-state index < -0.39 is 0 Å². The van der Waals surface area contributed by atoms with Crippen molar-refractivity contribution >= 4 is 34.8 Å². The van der Waals surface area contributed by atoms with Crippen LogP contribution in [0.4, 0.5) is 5.69 Å². The first-order valence-corrected chi connectivity index (χ1v) is 11.4. The molecule has 2 N–H and O–H groups in total. The Labute approximate surface area is 199 Å². The number of nitrogens with one attached hydrogen (secondary N) is 2. The van der Waals surface area contributed by atoms with Gasteiger partial charge in [0.05, 0.1) is 5.02 Å². The van der Waals surface area contributed by atoms with Crippen molar-refractivity contribution in [2.75, 3.05) is 11.9 Å². The van der Waals surface area contributed by atoms with Crippen LogP contribution in [-0.2, 0) is 13.2 Å². The van der Waals surface area contributed by atoms with E-state index in [1.807, 2.05) is 43.3 Å². The van der Waals surface area contributed by atoms with Crippen molar-refractivity contribution in [3.63, 3.8) is 0 Å². The molecular formula is C26H28Cl2N2O2. The zero-order valence-electron chi connectivity index (χ0n) is 18.5. The van der Waals surface area contributed by atoms with Crippen molar-refractivity contribution in [2.45, 2.75) is 33.9 Å². The number of rotatable bonds is 9. The molecule has 0 atom stereocenters. The molecule has 0 radical (unpaired) electrons. The van der Waals surface area contributed by atoms with E-state index in [-0.39, 0.29) is 5.91 Å². The standard InChI is InChI=1S/C26H28Cl2N2O2/c1-17(2)14-30-26(31)20-5-4-6-23(12-20)29-15-21-11-22(27)13-24(28)25(21)32-16-19-9-7-18(3)8-10-19/h4-13,17,29H,14-16H2,1-3H3,(H,30,31). The number of ether oxygens (including phenoxy) is 1. The van der Waals surface area contributed by atoms with Gasteiger partial charge < -0.3 is 15.4 Å². The highest BCUT2D eigenvalue weighted by Gasteiger charge is 2.12. The van der Waals surface area contributed by atoms with E-state index in [9.17, 15) is 4.79 Å². The predicted molar refractivity (Wildman–Crippen MR) is 133 cm³/mol. The zero-order chi connectivity index (χ0) is 23.1. The maximum atomic E-state index is 12.4. The van der Waals surface area contributed by atoms with Gasteiger partial charge in [-0.2, -0.15) is 0 Å². The topological polar surface area (TPSA) is 50.4 Å². The minimum absolute atomic E-state index is 0.0877. The highest BCUT2D eigenvalue weighted by Crippen LogP contribution is 2.33. The van der Waals surface area contributed by atoms with Crippen LogP contribution in [0.1, 0.15) is 40.9 Å². The first-order chi connectivity index (χ1) is 15.3. The van der Waals surface area contributed by atoms with Crippen LogP contribution in [0.3, 0.4) is 0 Å². The summed E-state index contributed by atoms with van der Waals surface area (Å²) < 4.78 is 6.06. The Kier molecular flexibility index (Phi) is 8.43. The fourth-order valence-electron chi connectivity index (χ4n) is 3.11. The smallest absolute Gasteiger partial charge is 0.251 e. The summed E-state index contributed by atoms with van der Waals surface area (Å²) in [6, 6.07) is 19.1. The molecule has 0 fully saturated rings. The third-order valence-electron chi connectivity index (χ3n) is 4.87. The van der Waals surface area contributed by atoms with Gasteiger partial charge in [-0.3, -0.25) is 4.79 Å². The number of carbonyl (C=O) groups is 1. The molecule has 0 bridgehead atoms. The summed E-state index contributed by atoms with van der Waals surface area (Å²) in [5.41, 5.74) is 4.52. The summed E-state index contributed by atoms with van der Waals surface area (Å²) in [5, 5.41) is 7.28. The van der Waals surface area contributed by atoms with Crippen molar-refractivity contribution in [1.82, 2.24) is 5.32 Å². The van der Waals surface area contributed by atoms with Gasteiger partial charge in [0, 0.05) is 34.9 Å². The Balaban J connectivity index is 1.71. The number of hydrogen-bond acceptors (Lipinski definition) is 3. The average molecular weight is 471 g/mol. The van der Waals surface area contributed by atoms with Gasteiger partial charge in [0.15, 0.2) is 0 Å². The fourth-order valence-corrected chi connectivity index (χ4v) is 3.70. The first kappa shape index (κ1) is 24.0. The fraction of sp³-hybridized carbons (Fsp3) is 0.269. The number of amides is 1. The molecular weight excluding hydrogens is 443 g/mol. The first-order valence-electron chi connectivity index (χ1n) is 10.6. The van der Waals surface area contributed by atoms with E-state index >= 15 is 0 Å². The van der Waals surface area contributed by atoms with E-state index in [0.29, 0.717) is 47.0 Å². The van der Waals surface area contributed by atoms with Gasteiger partial charge in [-0.15, -0.1) is 0 Å². The molecule has 3 aromatic rings. The van der Waals surface area contributed by atoms with Gasteiger partial charge in [0.1, 0.15) is 12.4 Å². The lowest BCUT2D eigenvalue weighted by molar-refractivity contribution is 0.0949. The third-order valence-corrected chi connectivity index (χ3v) is 5.37. The molecule has 0 saturated heterocycles.